The number of carbonyl (C=O) groups excluding carboxylic acids is 1. The van der Waals surface area contributed by atoms with Gasteiger partial charge in [0.2, 0.25) is 0 Å². The molecule has 0 amide bonds. The van der Waals surface area contributed by atoms with Crippen molar-refractivity contribution >= 4 is 22.8 Å². The summed E-state index contributed by atoms with van der Waals surface area (Å²) >= 11 is 5.59. The summed E-state index contributed by atoms with van der Waals surface area (Å²) in [6.07, 6.45) is -5.19. The number of carbonyl (C=O) groups is 2. The number of ether oxygens (including phenoxy) is 6. The number of hydrogen-bond donors (Lipinski definition) is 1. The number of hydrogen-bond acceptors (Lipinski definition) is 10. The molecule has 2 heterocycles. The minimum atomic E-state index is -4.84. The van der Waals surface area contributed by atoms with Crippen molar-refractivity contribution in [3.63, 3.8) is 0 Å². The highest BCUT2D eigenvalue weighted by Gasteiger charge is 2.37. The lowest BCUT2D eigenvalue weighted by Crippen LogP contribution is -2.17. The van der Waals surface area contributed by atoms with E-state index < -0.39 is 35.4 Å². The highest BCUT2D eigenvalue weighted by Crippen LogP contribution is 2.49. The minimum Gasteiger partial charge on any atom is -0.493 e. The molecule has 2 unspecified atom stereocenters. The molecule has 2 fully saturated rings. The highest BCUT2D eigenvalue weighted by atomic mass is 35.5. The third-order valence-electron chi connectivity index (χ3n) is 8.37. The molecule has 2 aromatic heterocycles. The summed E-state index contributed by atoms with van der Waals surface area (Å²) in [5.41, 5.74) is 1.35. The van der Waals surface area contributed by atoms with Gasteiger partial charge in [-0.2, -0.15) is 0 Å². The van der Waals surface area contributed by atoms with Crippen molar-refractivity contribution in [1.29, 1.82) is 0 Å². The lowest BCUT2D eigenvalue weighted by molar-refractivity contribution is -0.275. The number of rotatable bonds is 12. The summed E-state index contributed by atoms with van der Waals surface area (Å²) < 4.78 is 103. The second-order valence-corrected chi connectivity index (χ2v) is 12.7. The van der Waals surface area contributed by atoms with Gasteiger partial charge >= 0.3 is 18.7 Å². The summed E-state index contributed by atoms with van der Waals surface area (Å²) in [5.74, 6) is -0.409. The zero-order chi connectivity index (χ0) is 39.5. The molecule has 0 bridgehead atoms. The smallest absolute Gasteiger partial charge is 0.493 e. The van der Waals surface area contributed by atoms with Crippen LogP contribution < -0.4 is 28.4 Å². The fourth-order valence-corrected chi connectivity index (χ4v) is 5.49. The number of nitrogens with zero attached hydrogens (tertiary/aromatic N) is 2. The second kappa shape index (κ2) is 15.9. The SMILES string of the molecule is COc1cc(OC(F)(F)F)ccc1Oc1cc(C2C[C@@H]2C)ncc1C(=O)Cl.COc1cc(OC(F)(F)F)ccc1Oc1cc(C2C[C@@H]2C)ncc1C(=O)O. The zero-order valence-electron chi connectivity index (χ0n) is 28.8. The van der Waals surface area contributed by atoms with E-state index in [4.69, 9.17) is 30.5 Å². The van der Waals surface area contributed by atoms with Gasteiger partial charge in [0.05, 0.1) is 19.8 Å². The van der Waals surface area contributed by atoms with Crippen LogP contribution in [0.2, 0.25) is 0 Å². The van der Waals surface area contributed by atoms with Crippen LogP contribution in [0.3, 0.4) is 0 Å². The van der Waals surface area contributed by atoms with Gasteiger partial charge in [0, 0.05) is 59.9 Å². The molecule has 2 aromatic carbocycles. The maximum atomic E-state index is 12.4. The number of benzene rings is 2. The number of aromatic nitrogens is 2. The van der Waals surface area contributed by atoms with Crippen LogP contribution in [-0.2, 0) is 0 Å². The van der Waals surface area contributed by atoms with Gasteiger partial charge in [0.25, 0.3) is 5.24 Å². The molecule has 18 heteroatoms. The first-order chi connectivity index (χ1) is 25.3. The Morgan fingerprint density at radius 1 is 0.667 bits per heavy atom. The van der Waals surface area contributed by atoms with Crippen LogP contribution in [0.1, 0.15) is 70.6 Å². The van der Waals surface area contributed by atoms with Crippen molar-refractivity contribution in [2.45, 2.75) is 51.2 Å². The lowest BCUT2D eigenvalue weighted by atomic mass is 10.1. The molecule has 2 saturated carbocycles. The van der Waals surface area contributed by atoms with Gasteiger partial charge < -0.3 is 33.5 Å². The quantitative estimate of drug-likeness (QED) is 0.109. The number of methoxy groups -OCH3 is 2. The number of aromatic carboxylic acids is 1. The van der Waals surface area contributed by atoms with Gasteiger partial charge in [-0.3, -0.25) is 14.8 Å². The van der Waals surface area contributed by atoms with E-state index in [1.54, 1.807) is 6.07 Å². The Labute approximate surface area is 308 Å². The molecule has 11 nitrogen and oxygen atoms in total. The van der Waals surface area contributed by atoms with Crippen molar-refractivity contribution in [1.82, 2.24) is 9.97 Å². The summed E-state index contributed by atoms with van der Waals surface area (Å²) in [5, 5.41) is 8.58. The fourth-order valence-electron chi connectivity index (χ4n) is 5.35. The molecular formula is C36H31ClF6N2O9. The van der Waals surface area contributed by atoms with Crippen molar-refractivity contribution in [3.05, 3.63) is 83.4 Å². The van der Waals surface area contributed by atoms with Gasteiger partial charge in [-0.25, -0.2) is 4.79 Å². The topological polar surface area (TPSA) is 136 Å². The molecule has 4 atom stereocenters. The molecule has 0 spiro atoms. The Morgan fingerprint density at radius 2 is 1.06 bits per heavy atom. The molecule has 0 aliphatic heterocycles. The van der Waals surface area contributed by atoms with Crippen LogP contribution in [0, 0.1) is 11.8 Å². The Morgan fingerprint density at radius 3 is 1.39 bits per heavy atom. The average Bonchev–Trinajstić information content (AvgIpc) is 4.01. The van der Waals surface area contributed by atoms with Crippen LogP contribution in [0.4, 0.5) is 26.3 Å². The molecule has 0 radical (unpaired) electrons. The number of alkyl halides is 6. The van der Waals surface area contributed by atoms with E-state index in [0.717, 1.165) is 42.8 Å². The predicted molar refractivity (Wildman–Crippen MR) is 178 cm³/mol. The van der Waals surface area contributed by atoms with Crippen molar-refractivity contribution in [2.75, 3.05) is 14.2 Å². The van der Waals surface area contributed by atoms with Gasteiger partial charge in [0.15, 0.2) is 23.0 Å². The molecule has 2 aliphatic rings. The summed E-state index contributed by atoms with van der Waals surface area (Å²) in [7, 11) is 2.53. The van der Waals surface area contributed by atoms with E-state index in [-0.39, 0.29) is 57.5 Å². The number of carboxylic acids is 1. The largest absolute Gasteiger partial charge is 0.573 e. The zero-order valence-corrected chi connectivity index (χ0v) is 29.5. The summed E-state index contributed by atoms with van der Waals surface area (Å²) in [4.78, 5) is 31.5. The second-order valence-electron chi connectivity index (χ2n) is 12.4. The van der Waals surface area contributed by atoms with E-state index in [9.17, 15) is 41.0 Å². The monoisotopic (exact) mass is 784 g/mol. The molecule has 6 rings (SSSR count). The van der Waals surface area contributed by atoms with E-state index in [0.29, 0.717) is 17.5 Å². The van der Waals surface area contributed by atoms with E-state index in [1.807, 2.05) is 0 Å². The Balaban J connectivity index is 0.000000208. The van der Waals surface area contributed by atoms with Gasteiger partial charge in [0.1, 0.15) is 28.6 Å². The standard InChI is InChI=1S/C18H15ClF3NO4.C18H16F3NO5/c1-9-5-11(9)13-7-15(12(8-23-13)17(19)24)26-14-4-3-10(6-16(14)25-2)27-18(20,21)22;1-9-5-11(9)13-7-15(12(8-22-13)17(23)24)26-14-4-3-10(6-16(14)25-2)27-18(19,20)21/h3-4,6-9,11H,5H2,1-2H3;3-4,6-9,11H,5H2,1-2H3,(H,23,24)/t2*9-,11?/m00/s1. The Bertz CT molecular complexity index is 1880. The van der Waals surface area contributed by atoms with Crippen LogP contribution in [0.25, 0.3) is 0 Å². The minimum absolute atomic E-state index is 0.00266. The van der Waals surface area contributed by atoms with E-state index >= 15 is 0 Å². The van der Waals surface area contributed by atoms with Gasteiger partial charge in [-0.1, -0.05) is 13.8 Å². The number of halogens is 7. The van der Waals surface area contributed by atoms with Crippen LogP contribution in [0.5, 0.6) is 46.0 Å². The van der Waals surface area contributed by atoms with E-state index in [2.05, 4.69) is 33.3 Å². The van der Waals surface area contributed by atoms with Crippen LogP contribution in [0.15, 0.2) is 60.9 Å². The number of pyridine rings is 2. The van der Waals surface area contributed by atoms with E-state index in [1.165, 1.54) is 44.8 Å². The van der Waals surface area contributed by atoms with Crippen LogP contribution >= 0.6 is 11.6 Å². The lowest BCUT2D eigenvalue weighted by Gasteiger charge is -2.15. The molecule has 2 aliphatic carbocycles. The Kier molecular flexibility index (Phi) is 11.7. The van der Waals surface area contributed by atoms with Gasteiger partial charge in [-0.05, 0) is 60.5 Å². The van der Waals surface area contributed by atoms with Gasteiger partial charge in [-0.15, -0.1) is 26.3 Å². The maximum Gasteiger partial charge on any atom is 0.573 e. The first kappa shape index (κ1) is 39.8. The first-order valence-corrected chi connectivity index (χ1v) is 16.4. The maximum absolute atomic E-state index is 12.4. The molecule has 1 N–H and O–H groups in total. The molecular weight excluding hydrogens is 754 g/mol. The molecule has 288 valence electrons. The third kappa shape index (κ3) is 10.4. The highest BCUT2D eigenvalue weighted by molar-refractivity contribution is 6.68. The molecule has 4 aromatic rings. The fraction of sp³-hybridized carbons (Fsp3) is 0.333. The molecule has 0 saturated heterocycles. The average molecular weight is 785 g/mol. The summed E-state index contributed by atoms with van der Waals surface area (Å²) in [6, 6.07) is 9.80. The van der Waals surface area contributed by atoms with Crippen molar-refractivity contribution in [2.24, 2.45) is 11.8 Å². The molecule has 54 heavy (non-hydrogen) atoms. The van der Waals surface area contributed by atoms with Crippen molar-refractivity contribution in [3.8, 4) is 46.0 Å². The number of carboxylic acid groups (broad SMARTS) is 1. The van der Waals surface area contributed by atoms with Crippen LogP contribution in [-0.4, -0.2) is 53.2 Å². The summed E-state index contributed by atoms with van der Waals surface area (Å²) in [6.45, 7) is 4.14. The van der Waals surface area contributed by atoms with Crippen molar-refractivity contribution < 1.29 is 69.5 Å². The predicted octanol–water partition coefficient (Wildman–Crippen LogP) is 9.89. The Hall–Kier alpha value is -5.45. The third-order valence-corrected chi connectivity index (χ3v) is 8.58. The first-order valence-electron chi connectivity index (χ1n) is 16.0. The normalized spacial score (nSPS) is 18.7.